The lowest BCUT2D eigenvalue weighted by Crippen LogP contribution is -2.37. The van der Waals surface area contributed by atoms with E-state index in [0.29, 0.717) is 62.6 Å². The number of carboxylic acid groups (broad SMARTS) is 1. The summed E-state index contributed by atoms with van der Waals surface area (Å²) in [6.45, 7) is 3.71. The van der Waals surface area contributed by atoms with Gasteiger partial charge in [-0.3, -0.25) is 4.79 Å². The van der Waals surface area contributed by atoms with E-state index in [1.165, 1.54) is 12.3 Å². The van der Waals surface area contributed by atoms with Gasteiger partial charge in [-0.15, -0.1) is 0 Å². The van der Waals surface area contributed by atoms with E-state index < -0.39 is 23.5 Å². The van der Waals surface area contributed by atoms with Crippen molar-refractivity contribution < 1.29 is 36.9 Å². The number of hydrogen-bond donors (Lipinski definition) is 1. The first-order valence-corrected chi connectivity index (χ1v) is 12.8. The summed E-state index contributed by atoms with van der Waals surface area (Å²) in [7, 11) is 0. The number of carbonyl (C=O) groups is 1. The fourth-order valence-electron chi connectivity index (χ4n) is 5.34. The SMILES string of the molecule is Cc1c(CCc2ccc3c(c2)OC[C@H]3CC(=O)O)ccc(C(F)(F)F)c1-c1cnc(N2CCOCC2)c(F)c1. The number of anilines is 1. The van der Waals surface area contributed by atoms with Gasteiger partial charge >= 0.3 is 12.1 Å². The lowest BCUT2D eigenvalue weighted by atomic mass is 9.89. The van der Waals surface area contributed by atoms with Crippen LogP contribution in [0, 0.1) is 12.7 Å². The summed E-state index contributed by atoms with van der Waals surface area (Å²) in [6.07, 6.45) is -2.34. The van der Waals surface area contributed by atoms with Crippen molar-refractivity contribution in [2.45, 2.75) is 38.3 Å². The molecule has 6 nitrogen and oxygen atoms in total. The summed E-state index contributed by atoms with van der Waals surface area (Å²) in [5, 5.41) is 9.10. The molecule has 3 aromatic rings. The molecule has 10 heteroatoms. The highest BCUT2D eigenvalue weighted by molar-refractivity contribution is 5.73. The lowest BCUT2D eigenvalue weighted by molar-refractivity contribution is -0.138. The van der Waals surface area contributed by atoms with Gasteiger partial charge in [0, 0.05) is 36.3 Å². The Hall–Kier alpha value is -3.66. The van der Waals surface area contributed by atoms with Crippen molar-refractivity contribution >= 4 is 11.8 Å². The number of pyridine rings is 1. The van der Waals surface area contributed by atoms with Crippen molar-refractivity contribution in [3.63, 3.8) is 0 Å². The molecule has 0 amide bonds. The molecule has 1 fully saturated rings. The van der Waals surface area contributed by atoms with E-state index in [9.17, 15) is 18.0 Å². The lowest BCUT2D eigenvalue weighted by Gasteiger charge is -2.28. The number of morpholine rings is 1. The minimum absolute atomic E-state index is 0.0112. The Morgan fingerprint density at radius 3 is 2.59 bits per heavy atom. The minimum Gasteiger partial charge on any atom is -0.493 e. The Labute approximate surface area is 223 Å². The molecule has 0 saturated carbocycles. The van der Waals surface area contributed by atoms with Crippen LogP contribution in [0.2, 0.25) is 0 Å². The normalized spacial score (nSPS) is 17.2. The van der Waals surface area contributed by atoms with Crippen molar-refractivity contribution in [3.05, 3.63) is 76.2 Å². The molecular formula is C29H28F4N2O4. The molecule has 206 valence electrons. The molecule has 2 aliphatic heterocycles. The number of fused-ring (bicyclic) bond motifs is 1. The van der Waals surface area contributed by atoms with Crippen LogP contribution in [0.3, 0.4) is 0 Å². The largest absolute Gasteiger partial charge is 0.493 e. The predicted octanol–water partition coefficient (Wildman–Crippen LogP) is 5.79. The summed E-state index contributed by atoms with van der Waals surface area (Å²) in [4.78, 5) is 17.0. The number of benzene rings is 2. The first-order chi connectivity index (χ1) is 18.6. The maximum Gasteiger partial charge on any atom is 0.417 e. The Morgan fingerprint density at radius 2 is 1.90 bits per heavy atom. The number of ether oxygens (including phenoxy) is 2. The molecular weight excluding hydrogens is 516 g/mol. The summed E-state index contributed by atoms with van der Waals surface area (Å²) in [5.74, 6) is -1.01. The maximum absolute atomic E-state index is 15.1. The van der Waals surface area contributed by atoms with Gasteiger partial charge < -0.3 is 19.5 Å². The molecule has 1 aromatic heterocycles. The number of nitrogens with zero attached hydrogens (tertiary/aromatic N) is 2. The number of hydrogen-bond acceptors (Lipinski definition) is 5. The van der Waals surface area contributed by atoms with Gasteiger partial charge in [-0.05, 0) is 60.2 Å². The Balaban J connectivity index is 1.42. The number of aliphatic carboxylic acids is 1. The summed E-state index contributed by atoms with van der Waals surface area (Å²) >= 11 is 0. The molecule has 2 aliphatic rings. The molecule has 1 atom stereocenters. The number of halogens is 4. The van der Waals surface area contributed by atoms with Crippen LogP contribution in [0.25, 0.3) is 11.1 Å². The zero-order chi connectivity index (χ0) is 27.7. The highest BCUT2D eigenvalue weighted by Crippen LogP contribution is 2.41. The van der Waals surface area contributed by atoms with Crippen LogP contribution in [0.1, 0.15) is 40.2 Å². The second-order valence-electron chi connectivity index (χ2n) is 9.88. The first kappa shape index (κ1) is 26.9. The standard InChI is InChI=1S/C29H28F4N2O4/c1-17-19(4-2-18-3-6-22-21(14-26(36)37)16-39-25(22)12-18)5-7-23(29(31,32)33)27(17)20-13-24(30)28(34-15-20)35-8-10-38-11-9-35/h3,5-7,12-13,15,21H,2,4,8-11,14,16H2,1H3,(H,36,37)/t21-/m1/s1. The van der Waals surface area contributed by atoms with Crippen LogP contribution in [0.15, 0.2) is 42.6 Å². The summed E-state index contributed by atoms with van der Waals surface area (Å²) < 4.78 is 68.1. The van der Waals surface area contributed by atoms with E-state index in [1.807, 2.05) is 18.2 Å². The van der Waals surface area contributed by atoms with Gasteiger partial charge in [-0.1, -0.05) is 18.2 Å². The Kier molecular flexibility index (Phi) is 7.48. The van der Waals surface area contributed by atoms with E-state index in [2.05, 4.69) is 4.98 Å². The van der Waals surface area contributed by atoms with Crippen LogP contribution >= 0.6 is 0 Å². The van der Waals surface area contributed by atoms with Crippen LogP contribution in [-0.4, -0.2) is 49.0 Å². The van der Waals surface area contributed by atoms with Crippen molar-refractivity contribution in [2.24, 2.45) is 0 Å². The monoisotopic (exact) mass is 544 g/mol. The number of aryl methyl sites for hydroxylation is 2. The smallest absolute Gasteiger partial charge is 0.417 e. The summed E-state index contributed by atoms with van der Waals surface area (Å²) in [6, 6.07) is 9.27. The quantitative estimate of drug-likeness (QED) is 0.380. The highest BCUT2D eigenvalue weighted by atomic mass is 19.4. The van der Waals surface area contributed by atoms with Crippen LogP contribution in [0.4, 0.5) is 23.4 Å². The van der Waals surface area contributed by atoms with Crippen molar-refractivity contribution in [1.82, 2.24) is 4.98 Å². The molecule has 0 unspecified atom stereocenters. The number of carboxylic acids is 1. The zero-order valence-electron chi connectivity index (χ0n) is 21.4. The average molecular weight is 545 g/mol. The van der Waals surface area contributed by atoms with Gasteiger partial charge in [0.1, 0.15) is 5.75 Å². The van der Waals surface area contributed by atoms with Gasteiger partial charge in [-0.2, -0.15) is 13.2 Å². The maximum atomic E-state index is 15.1. The molecule has 0 radical (unpaired) electrons. The molecule has 1 N–H and O–H groups in total. The van der Waals surface area contributed by atoms with E-state index in [-0.39, 0.29) is 29.3 Å². The highest BCUT2D eigenvalue weighted by Gasteiger charge is 2.35. The van der Waals surface area contributed by atoms with Crippen LogP contribution < -0.4 is 9.64 Å². The fourth-order valence-corrected chi connectivity index (χ4v) is 5.34. The average Bonchev–Trinajstić information content (AvgIpc) is 3.29. The third-order valence-electron chi connectivity index (χ3n) is 7.37. The van der Waals surface area contributed by atoms with E-state index in [0.717, 1.165) is 23.3 Å². The number of aromatic nitrogens is 1. The van der Waals surface area contributed by atoms with Gasteiger partial charge in [0.05, 0.1) is 31.8 Å². The fraction of sp³-hybridized carbons (Fsp3) is 0.379. The van der Waals surface area contributed by atoms with Gasteiger partial charge in [0.25, 0.3) is 0 Å². The first-order valence-electron chi connectivity index (χ1n) is 12.8. The van der Waals surface area contributed by atoms with Crippen molar-refractivity contribution in [2.75, 3.05) is 37.8 Å². The Morgan fingerprint density at radius 1 is 1.13 bits per heavy atom. The zero-order valence-corrected chi connectivity index (χ0v) is 21.4. The molecule has 3 heterocycles. The third-order valence-corrected chi connectivity index (χ3v) is 7.37. The second-order valence-corrected chi connectivity index (χ2v) is 9.88. The minimum atomic E-state index is -4.62. The van der Waals surface area contributed by atoms with E-state index >= 15 is 4.39 Å². The van der Waals surface area contributed by atoms with Gasteiger partial charge in [-0.25, -0.2) is 9.37 Å². The Bertz CT molecular complexity index is 1390. The van der Waals surface area contributed by atoms with Crippen molar-refractivity contribution in [3.8, 4) is 16.9 Å². The van der Waals surface area contributed by atoms with E-state index in [1.54, 1.807) is 11.8 Å². The predicted molar refractivity (Wildman–Crippen MR) is 137 cm³/mol. The molecule has 0 spiro atoms. The molecule has 0 bridgehead atoms. The third kappa shape index (κ3) is 5.71. The van der Waals surface area contributed by atoms with Gasteiger partial charge in [0.2, 0.25) is 0 Å². The molecule has 5 rings (SSSR count). The molecule has 39 heavy (non-hydrogen) atoms. The van der Waals surface area contributed by atoms with Crippen LogP contribution in [-0.2, 0) is 28.5 Å². The molecule has 1 saturated heterocycles. The van der Waals surface area contributed by atoms with E-state index in [4.69, 9.17) is 14.6 Å². The summed E-state index contributed by atoms with van der Waals surface area (Å²) in [5.41, 5.74) is 2.07. The topological polar surface area (TPSA) is 71.9 Å². The molecule has 2 aromatic carbocycles. The van der Waals surface area contributed by atoms with Crippen molar-refractivity contribution in [1.29, 1.82) is 0 Å². The van der Waals surface area contributed by atoms with Gasteiger partial charge in [0.15, 0.2) is 11.6 Å². The second kappa shape index (κ2) is 10.8. The number of alkyl halides is 3. The number of rotatable bonds is 7. The molecule has 0 aliphatic carbocycles. The van der Waals surface area contributed by atoms with Crippen LogP contribution in [0.5, 0.6) is 5.75 Å².